The van der Waals surface area contributed by atoms with Crippen molar-refractivity contribution in [2.24, 2.45) is 7.05 Å². The van der Waals surface area contributed by atoms with Crippen LogP contribution in [-0.2, 0) is 11.8 Å². The van der Waals surface area contributed by atoms with Gasteiger partial charge in [0.1, 0.15) is 11.4 Å². The van der Waals surface area contributed by atoms with E-state index in [0.717, 1.165) is 30.4 Å². The molecule has 3 aromatic heterocycles. The van der Waals surface area contributed by atoms with Gasteiger partial charge in [-0.15, -0.1) is 0 Å². The normalized spacial score (nSPS) is 11.9. The third-order valence-electron chi connectivity index (χ3n) is 7.37. The second-order valence-electron chi connectivity index (χ2n) is 11.5. The lowest BCUT2D eigenvalue weighted by atomic mass is 9.91. The molecule has 4 aromatic rings. The Morgan fingerprint density at radius 2 is 1.87 bits per heavy atom. The first kappa shape index (κ1) is 33.5. The molecule has 0 fully saturated rings. The largest absolute Gasteiger partial charge is 0.479 e. The predicted molar refractivity (Wildman–Crippen MR) is 177 cm³/mol. The molecule has 1 aromatic carbocycles. The molecule has 11 nitrogen and oxygen atoms in total. The van der Waals surface area contributed by atoms with Gasteiger partial charge in [-0.1, -0.05) is 75.0 Å². The summed E-state index contributed by atoms with van der Waals surface area (Å²) in [6.07, 6.45) is 5.84. The Bertz CT molecular complexity index is 1700. The first-order valence-corrected chi connectivity index (χ1v) is 15.4. The highest BCUT2D eigenvalue weighted by atomic mass is 35.5. The van der Waals surface area contributed by atoms with Gasteiger partial charge in [0.25, 0.3) is 5.56 Å². The Hall–Kier alpha value is -4.38. The molecular formula is C33H42ClN7O4. The number of hydrogen-bond acceptors (Lipinski definition) is 9. The SMILES string of the molecule is CCCCCOC(=O)c1nn(-c2cnc(N(C)C)nc2OC)c(C(C)C)c1C(Nc1cc(Cl)cn(C)c1=O)c1ccc(C)cc1. The fourth-order valence-electron chi connectivity index (χ4n) is 5.08. The smallest absolute Gasteiger partial charge is 0.359 e. The first-order chi connectivity index (χ1) is 21.5. The lowest BCUT2D eigenvalue weighted by Gasteiger charge is -2.24. The molecule has 0 saturated carbocycles. The van der Waals surface area contributed by atoms with Crippen molar-refractivity contribution in [1.82, 2.24) is 24.3 Å². The van der Waals surface area contributed by atoms with Crippen LogP contribution >= 0.6 is 11.6 Å². The number of nitrogens with one attached hydrogen (secondary N) is 1. The fraction of sp³-hybridized carbons (Fsp3) is 0.424. The summed E-state index contributed by atoms with van der Waals surface area (Å²) in [5.41, 5.74) is 3.72. The van der Waals surface area contributed by atoms with Crippen molar-refractivity contribution in [2.45, 2.75) is 58.9 Å². The second-order valence-corrected chi connectivity index (χ2v) is 11.9. The van der Waals surface area contributed by atoms with Crippen LogP contribution in [0.3, 0.4) is 0 Å². The fourth-order valence-corrected chi connectivity index (χ4v) is 5.33. The Morgan fingerprint density at radius 1 is 1.16 bits per heavy atom. The number of carbonyl (C=O) groups excluding carboxylic acids is 1. The zero-order valence-electron chi connectivity index (χ0n) is 27.2. The number of methoxy groups -OCH3 is 1. The lowest BCUT2D eigenvalue weighted by molar-refractivity contribution is 0.0489. The van der Waals surface area contributed by atoms with Gasteiger partial charge in [-0.05, 0) is 30.9 Å². The molecule has 0 radical (unpaired) electrons. The monoisotopic (exact) mass is 635 g/mol. The van der Waals surface area contributed by atoms with Gasteiger partial charge in [-0.25, -0.2) is 14.5 Å². The van der Waals surface area contributed by atoms with Crippen molar-refractivity contribution in [3.05, 3.63) is 86.2 Å². The van der Waals surface area contributed by atoms with Gasteiger partial charge in [0.15, 0.2) is 5.69 Å². The Labute approximate surface area is 269 Å². The number of halogens is 1. The topological polar surface area (TPSA) is 116 Å². The van der Waals surface area contributed by atoms with Crippen LogP contribution in [0.5, 0.6) is 5.88 Å². The predicted octanol–water partition coefficient (Wildman–Crippen LogP) is 6.07. The van der Waals surface area contributed by atoms with Crippen LogP contribution in [0, 0.1) is 6.92 Å². The van der Waals surface area contributed by atoms with E-state index in [0.29, 0.717) is 27.9 Å². The molecule has 0 aliphatic rings. The molecule has 12 heteroatoms. The summed E-state index contributed by atoms with van der Waals surface area (Å²) in [5.74, 6) is 0.0328. The molecule has 0 saturated heterocycles. The summed E-state index contributed by atoms with van der Waals surface area (Å²) in [4.78, 5) is 38.0. The number of hydrogen-bond donors (Lipinski definition) is 1. The Morgan fingerprint density at radius 3 is 2.49 bits per heavy atom. The Balaban J connectivity index is 2.03. The molecule has 1 N–H and O–H groups in total. The van der Waals surface area contributed by atoms with E-state index in [1.807, 2.05) is 59.1 Å². The van der Waals surface area contributed by atoms with E-state index in [9.17, 15) is 9.59 Å². The number of pyridine rings is 1. The maximum atomic E-state index is 13.9. The molecule has 240 valence electrons. The van der Waals surface area contributed by atoms with Crippen LogP contribution in [0.2, 0.25) is 5.02 Å². The molecule has 3 heterocycles. The molecule has 0 aliphatic carbocycles. The van der Waals surface area contributed by atoms with Crippen molar-refractivity contribution < 1.29 is 14.3 Å². The van der Waals surface area contributed by atoms with Gasteiger partial charge in [0, 0.05) is 32.9 Å². The molecule has 0 aliphatic heterocycles. The minimum atomic E-state index is -0.686. The van der Waals surface area contributed by atoms with Gasteiger partial charge < -0.3 is 24.3 Å². The summed E-state index contributed by atoms with van der Waals surface area (Å²) in [6, 6.07) is 8.81. The van der Waals surface area contributed by atoms with Gasteiger partial charge in [-0.3, -0.25) is 4.79 Å². The molecule has 0 amide bonds. The van der Waals surface area contributed by atoms with E-state index in [2.05, 4.69) is 22.2 Å². The second kappa shape index (κ2) is 14.6. The summed E-state index contributed by atoms with van der Waals surface area (Å²) < 4.78 is 14.5. The van der Waals surface area contributed by atoms with Crippen molar-refractivity contribution in [2.75, 3.05) is 38.0 Å². The highest BCUT2D eigenvalue weighted by Gasteiger charge is 2.34. The molecular weight excluding hydrogens is 594 g/mol. The van der Waals surface area contributed by atoms with E-state index in [4.69, 9.17) is 26.2 Å². The minimum Gasteiger partial charge on any atom is -0.479 e. The number of carbonyl (C=O) groups is 1. The molecule has 1 atom stereocenters. The third kappa shape index (κ3) is 7.47. The summed E-state index contributed by atoms with van der Waals surface area (Å²) in [5, 5.41) is 8.67. The first-order valence-electron chi connectivity index (χ1n) is 15.0. The van der Waals surface area contributed by atoms with Crippen LogP contribution in [0.1, 0.15) is 84.9 Å². The lowest BCUT2D eigenvalue weighted by Crippen LogP contribution is -2.25. The molecule has 45 heavy (non-hydrogen) atoms. The van der Waals surface area contributed by atoms with E-state index in [1.165, 1.54) is 11.7 Å². The maximum absolute atomic E-state index is 13.9. The van der Waals surface area contributed by atoms with Crippen LogP contribution in [0.4, 0.5) is 11.6 Å². The van der Waals surface area contributed by atoms with E-state index in [-0.39, 0.29) is 35.3 Å². The Kier molecular flexibility index (Phi) is 10.9. The number of aromatic nitrogens is 5. The molecule has 0 bridgehead atoms. The average molecular weight is 636 g/mol. The van der Waals surface area contributed by atoms with Gasteiger partial charge >= 0.3 is 5.97 Å². The van der Waals surface area contributed by atoms with Crippen LogP contribution in [0.25, 0.3) is 5.69 Å². The number of anilines is 2. The van der Waals surface area contributed by atoms with Crippen molar-refractivity contribution in [3.8, 4) is 11.6 Å². The number of esters is 1. The quantitative estimate of drug-likeness (QED) is 0.138. The number of benzene rings is 1. The summed E-state index contributed by atoms with van der Waals surface area (Å²) in [7, 11) is 6.84. The highest BCUT2D eigenvalue weighted by molar-refractivity contribution is 6.30. The van der Waals surface area contributed by atoms with Crippen molar-refractivity contribution >= 4 is 29.2 Å². The zero-order chi connectivity index (χ0) is 32.8. The average Bonchev–Trinajstić information content (AvgIpc) is 3.41. The van der Waals surface area contributed by atoms with Crippen LogP contribution in [0.15, 0.2) is 47.5 Å². The minimum absolute atomic E-state index is 0.117. The van der Waals surface area contributed by atoms with Gasteiger partial charge in [0.2, 0.25) is 11.8 Å². The highest BCUT2D eigenvalue weighted by Crippen LogP contribution is 2.38. The summed E-state index contributed by atoms with van der Waals surface area (Å²) >= 11 is 6.40. The van der Waals surface area contributed by atoms with E-state index >= 15 is 0 Å². The number of aryl methyl sites for hydroxylation is 2. The third-order valence-corrected chi connectivity index (χ3v) is 7.58. The molecule has 1 unspecified atom stereocenters. The van der Waals surface area contributed by atoms with Crippen LogP contribution < -0.4 is 20.5 Å². The van der Waals surface area contributed by atoms with E-state index < -0.39 is 12.0 Å². The zero-order valence-corrected chi connectivity index (χ0v) is 28.0. The number of nitrogens with zero attached hydrogens (tertiary/aromatic N) is 6. The number of rotatable bonds is 13. The van der Waals surface area contributed by atoms with E-state index in [1.54, 1.807) is 35.1 Å². The van der Waals surface area contributed by atoms with Crippen molar-refractivity contribution in [1.29, 1.82) is 0 Å². The maximum Gasteiger partial charge on any atom is 0.359 e. The van der Waals surface area contributed by atoms with Gasteiger partial charge in [0.05, 0.1) is 36.7 Å². The van der Waals surface area contributed by atoms with Gasteiger partial charge in [-0.2, -0.15) is 10.1 Å². The molecule has 0 spiro atoms. The van der Waals surface area contributed by atoms with Crippen molar-refractivity contribution in [3.63, 3.8) is 0 Å². The standard InChI is InChI=1S/C33H42ClN7O4/c1-9-10-11-16-45-32(43)28-26(29(20(2)3)41(38-28)25-18-35-33(39(5)6)37-30(25)44-8)27(22-14-12-21(4)13-15-22)36-24-17-23(34)19-40(7)31(24)42/h12-15,17-20,27,36H,9-11,16H2,1-8H3. The number of unbranched alkanes of at least 4 members (excludes halogenated alkanes) is 2. The van der Waals surface area contributed by atoms with Crippen LogP contribution in [-0.4, -0.2) is 58.1 Å². The summed E-state index contributed by atoms with van der Waals surface area (Å²) in [6.45, 7) is 8.38. The molecule has 4 rings (SSSR count). The number of ether oxygens (including phenoxy) is 2.